The molecule has 1 N–H and O–H groups in total. The molecule has 1 aromatic carbocycles. The van der Waals surface area contributed by atoms with E-state index in [4.69, 9.17) is 0 Å². The van der Waals surface area contributed by atoms with Crippen LogP contribution in [0.5, 0.6) is 0 Å². The Balaban J connectivity index is 1.78. The third-order valence-corrected chi connectivity index (χ3v) is 3.76. The molecule has 0 fully saturated rings. The van der Waals surface area contributed by atoms with Gasteiger partial charge in [0.05, 0.1) is 11.7 Å². The van der Waals surface area contributed by atoms with Gasteiger partial charge in [-0.3, -0.25) is 0 Å². The van der Waals surface area contributed by atoms with Crippen molar-refractivity contribution in [3.05, 3.63) is 54.5 Å². The average Bonchev–Trinajstić information content (AvgIpc) is 3.22. The van der Waals surface area contributed by atoms with Crippen LogP contribution in [0.4, 0.5) is 0 Å². The lowest BCUT2D eigenvalue weighted by Gasteiger charge is -2.03. The predicted octanol–water partition coefficient (Wildman–Crippen LogP) is 1.91. The summed E-state index contributed by atoms with van der Waals surface area (Å²) in [5, 5.41) is 21.6. The van der Waals surface area contributed by atoms with Gasteiger partial charge in [-0.25, -0.2) is 19.1 Å². The van der Waals surface area contributed by atoms with E-state index >= 15 is 0 Å². The summed E-state index contributed by atoms with van der Waals surface area (Å²) < 4.78 is 3.16. The Kier molecular flexibility index (Phi) is 3.09. The first-order chi connectivity index (χ1) is 11.6. The third kappa shape index (κ3) is 2.21. The molecule has 118 valence electrons. The van der Waals surface area contributed by atoms with Gasteiger partial charge in [0.15, 0.2) is 5.82 Å². The summed E-state index contributed by atoms with van der Waals surface area (Å²) >= 11 is 0. The number of aryl methyl sites for hydroxylation is 1. The average molecular weight is 320 g/mol. The molecule has 8 nitrogen and oxygen atoms in total. The molecular formula is C16H12N6O2. The summed E-state index contributed by atoms with van der Waals surface area (Å²) in [6.07, 6.45) is 4.94. The van der Waals surface area contributed by atoms with Crippen molar-refractivity contribution < 1.29 is 9.90 Å². The van der Waals surface area contributed by atoms with Crippen LogP contribution in [0, 0.1) is 0 Å². The Morgan fingerprint density at radius 3 is 2.92 bits per heavy atom. The van der Waals surface area contributed by atoms with Crippen LogP contribution in [0.15, 0.2) is 48.9 Å². The van der Waals surface area contributed by atoms with E-state index in [-0.39, 0.29) is 11.4 Å². The van der Waals surface area contributed by atoms with Crippen LogP contribution >= 0.6 is 0 Å². The van der Waals surface area contributed by atoms with Gasteiger partial charge >= 0.3 is 5.97 Å². The first-order valence-corrected chi connectivity index (χ1v) is 7.16. The highest BCUT2D eigenvalue weighted by Crippen LogP contribution is 2.24. The number of benzene rings is 1. The van der Waals surface area contributed by atoms with Gasteiger partial charge in [0.25, 0.3) is 0 Å². The maximum Gasteiger partial charge on any atom is 0.339 e. The summed E-state index contributed by atoms with van der Waals surface area (Å²) in [6, 6.07) is 8.88. The maximum absolute atomic E-state index is 11.3. The highest BCUT2D eigenvalue weighted by atomic mass is 16.4. The van der Waals surface area contributed by atoms with Crippen molar-refractivity contribution >= 4 is 17.0 Å². The number of nitrogens with zero attached hydrogens (tertiary/aromatic N) is 6. The number of pyridine rings is 1. The highest BCUT2D eigenvalue weighted by Gasteiger charge is 2.14. The zero-order valence-corrected chi connectivity index (χ0v) is 12.7. The van der Waals surface area contributed by atoms with E-state index in [9.17, 15) is 9.90 Å². The van der Waals surface area contributed by atoms with Gasteiger partial charge in [0, 0.05) is 25.0 Å². The van der Waals surface area contributed by atoms with Crippen LogP contribution in [0.2, 0.25) is 0 Å². The van der Waals surface area contributed by atoms with Crippen molar-refractivity contribution in [3.63, 3.8) is 0 Å². The number of aromatic carboxylic acids is 1. The van der Waals surface area contributed by atoms with E-state index in [0.29, 0.717) is 0 Å². The molecule has 0 spiro atoms. The zero-order valence-electron chi connectivity index (χ0n) is 12.7. The molecule has 0 saturated carbocycles. The summed E-state index contributed by atoms with van der Waals surface area (Å²) in [6.45, 7) is 0. The smallest absolute Gasteiger partial charge is 0.339 e. The molecule has 0 aliphatic carbocycles. The summed E-state index contributed by atoms with van der Waals surface area (Å²) in [5.74, 6) is -0.770. The minimum absolute atomic E-state index is 0.0940. The van der Waals surface area contributed by atoms with Gasteiger partial charge in [-0.2, -0.15) is 5.10 Å². The van der Waals surface area contributed by atoms with E-state index in [0.717, 1.165) is 22.2 Å². The molecule has 3 aromatic heterocycles. The van der Waals surface area contributed by atoms with Gasteiger partial charge in [-0.1, -0.05) is 11.3 Å². The van der Waals surface area contributed by atoms with Crippen molar-refractivity contribution in [1.29, 1.82) is 0 Å². The number of carboxylic acids is 1. The third-order valence-electron chi connectivity index (χ3n) is 3.76. The van der Waals surface area contributed by atoms with Crippen LogP contribution in [-0.2, 0) is 7.05 Å². The first kappa shape index (κ1) is 14.1. The van der Waals surface area contributed by atoms with Crippen molar-refractivity contribution in [2.75, 3.05) is 0 Å². The SMILES string of the molecule is Cn1nnc2cc(-c3cnn(-c4ncccc4C(=O)O)c3)ccc21. The fourth-order valence-corrected chi connectivity index (χ4v) is 2.55. The van der Waals surface area contributed by atoms with Gasteiger partial charge in [0.1, 0.15) is 11.1 Å². The van der Waals surface area contributed by atoms with Gasteiger partial charge in [-0.15, -0.1) is 5.10 Å². The fourth-order valence-electron chi connectivity index (χ4n) is 2.55. The molecule has 0 radical (unpaired) electrons. The molecule has 3 heterocycles. The number of carbonyl (C=O) groups is 1. The molecule has 0 unspecified atom stereocenters. The Morgan fingerprint density at radius 1 is 1.21 bits per heavy atom. The normalized spacial score (nSPS) is 11.0. The van der Waals surface area contributed by atoms with E-state index in [1.54, 1.807) is 23.1 Å². The van der Waals surface area contributed by atoms with Crippen molar-refractivity contribution in [3.8, 4) is 16.9 Å². The quantitative estimate of drug-likeness (QED) is 0.619. The molecule has 8 heteroatoms. The summed E-state index contributed by atoms with van der Waals surface area (Å²) in [5.41, 5.74) is 3.57. The Morgan fingerprint density at radius 2 is 2.08 bits per heavy atom. The Bertz CT molecular complexity index is 1070. The van der Waals surface area contributed by atoms with Gasteiger partial charge in [-0.05, 0) is 29.8 Å². The monoisotopic (exact) mass is 320 g/mol. The van der Waals surface area contributed by atoms with E-state index < -0.39 is 5.97 Å². The number of carboxylic acid groups (broad SMARTS) is 1. The first-order valence-electron chi connectivity index (χ1n) is 7.16. The van der Waals surface area contributed by atoms with Crippen molar-refractivity contribution in [1.82, 2.24) is 29.8 Å². The maximum atomic E-state index is 11.3. The minimum atomic E-state index is -1.05. The summed E-state index contributed by atoms with van der Waals surface area (Å²) in [4.78, 5) is 15.4. The molecule has 0 amide bonds. The van der Waals surface area contributed by atoms with E-state index in [1.165, 1.54) is 16.9 Å². The predicted molar refractivity (Wildman–Crippen MR) is 85.8 cm³/mol. The van der Waals surface area contributed by atoms with Crippen LogP contribution < -0.4 is 0 Å². The van der Waals surface area contributed by atoms with Gasteiger partial charge < -0.3 is 5.11 Å². The lowest BCUT2D eigenvalue weighted by molar-refractivity contribution is 0.0696. The lowest BCUT2D eigenvalue weighted by Crippen LogP contribution is -2.07. The Hall–Kier alpha value is -3.55. The molecule has 0 bridgehead atoms. The Labute approximate surface area is 136 Å². The largest absolute Gasteiger partial charge is 0.478 e. The minimum Gasteiger partial charge on any atom is -0.478 e. The number of rotatable bonds is 3. The molecule has 0 aliphatic heterocycles. The van der Waals surface area contributed by atoms with E-state index in [1.807, 2.05) is 25.2 Å². The molecule has 0 saturated heterocycles. The lowest BCUT2D eigenvalue weighted by atomic mass is 10.1. The number of fused-ring (bicyclic) bond motifs is 1. The van der Waals surface area contributed by atoms with E-state index in [2.05, 4.69) is 20.4 Å². The number of aromatic nitrogens is 6. The second-order valence-corrected chi connectivity index (χ2v) is 5.27. The van der Waals surface area contributed by atoms with Crippen molar-refractivity contribution in [2.24, 2.45) is 7.05 Å². The molecule has 24 heavy (non-hydrogen) atoms. The second-order valence-electron chi connectivity index (χ2n) is 5.27. The number of hydrogen-bond acceptors (Lipinski definition) is 5. The summed E-state index contributed by atoms with van der Waals surface area (Å²) in [7, 11) is 1.83. The fraction of sp³-hybridized carbons (Fsp3) is 0.0625. The molecule has 0 atom stereocenters. The van der Waals surface area contributed by atoms with Crippen LogP contribution in [-0.4, -0.2) is 40.8 Å². The van der Waals surface area contributed by atoms with Gasteiger partial charge in [0.2, 0.25) is 0 Å². The van der Waals surface area contributed by atoms with Crippen LogP contribution in [0.1, 0.15) is 10.4 Å². The standard InChI is InChI=1S/C16H12N6O2/c1-21-14-5-4-10(7-13(14)19-20-21)11-8-18-22(9-11)15-12(16(23)24)3-2-6-17-15/h2-9H,1H3,(H,23,24). The van der Waals surface area contributed by atoms with Crippen molar-refractivity contribution in [2.45, 2.75) is 0 Å². The molecule has 4 aromatic rings. The second kappa shape index (κ2) is 5.27. The molecular weight excluding hydrogens is 308 g/mol. The number of hydrogen-bond donors (Lipinski definition) is 1. The molecule has 4 rings (SSSR count). The topological polar surface area (TPSA) is 98.7 Å². The zero-order chi connectivity index (χ0) is 16.7. The van der Waals surface area contributed by atoms with Crippen LogP contribution in [0.3, 0.4) is 0 Å². The van der Waals surface area contributed by atoms with Crippen LogP contribution in [0.25, 0.3) is 28.0 Å². The molecule has 0 aliphatic rings. The highest BCUT2D eigenvalue weighted by molar-refractivity contribution is 5.91.